The summed E-state index contributed by atoms with van der Waals surface area (Å²) in [5, 5.41) is 7.79. The third kappa shape index (κ3) is 3.60. The second-order valence-corrected chi connectivity index (χ2v) is 8.26. The highest BCUT2D eigenvalue weighted by Crippen LogP contribution is 2.38. The monoisotopic (exact) mass is 409 g/mol. The van der Waals surface area contributed by atoms with Gasteiger partial charge < -0.3 is 15.4 Å². The van der Waals surface area contributed by atoms with Crippen LogP contribution in [0, 0.1) is 5.92 Å². The van der Waals surface area contributed by atoms with E-state index in [0.29, 0.717) is 13.0 Å². The molecule has 1 saturated heterocycles. The number of carbonyl (C=O) groups is 3. The molecule has 2 aromatic carbocycles. The number of hydrogen-bond acceptors (Lipinski definition) is 4. The molecule has 2 aromatic rings. The fraction of sp³-hybridized carbons (Fsp3) is 0.435. The van der Waals surface area contributed by atoms with Crippen molar-refractivity contribution in [2.45, 2.75) is 44.7 Å². The summed E-state index contributed by atoms with van der Waals surface area (Å²) in [7, 11) is 1.63. The van der Waals surface area contributed by atoms with E-state index in [4.69, 9.17) is 4.74 Å². The lowest BCUT2D eigenvalue weighted by Gasteiger charge is -2.36. The van der Waals surface area contributed by atoms with Gasteiger partial charge in [0.1, 0.15) is 17.8 Å². The summed E-state index contributed by atoms with van der Waals surface area (Å²) in [6, 6.07) is 11.3. The molecule has 4 rings (SSSR count). The van der Waals surface area contributed by atoms with Crippen molar-refractivity contribution in [1.29, 1.82) is 0 Å². The molecule has 0 bridgehead atoms. The average Bonchev–Trinajstić information content (AvgIpc) is 2.98. The van der Waals surface area contributed by atoms with Gasteiger partial charge in [0.15, 0.2) is 0 Å². The SMILES string of the molecule is COc1ccc2cc(CNC(=O)CN3C(=O)N[C@@]4(CCCC[C@H]4C)C3=O)ccc2c1. The number of nitrogens with one attached hydrogen (secondary N) is 2. The van der Waals surface area contributed by atoms with Gasteiger partial charge in [-0.1, -0.05) is 38.0 Å². The molecule has 0 radical (unpaired) electrons. The zero-order valence-electron chi connectivity index (χ0n) is 17.4. The Morgan fingerprint density at radius 3 is 2.73 bits per heavy atom. The molecule has 2 N–H and O–H groups in total. The molecule has 0 unspecified atom stereocenters. The number of amides is 4. The molecule has 1 aliphatic heterocycles. The standard InChI is InChI=1S/C23H27N3O4/c1-15-5-3-4-10-23(15)21(28)26(22(29)25-23)14-20(27)24-13-16-6-7-18-12-19(30-2)9-8-17(18)11-16/h6-9,11-12,15H,3-5,10,13-14H2,1-2H3,(H,24,27)(H,25,29)/t15-,23-/m1/s1. The molecule has 1 aliphatic carbocycles. The van der Waals surface area contributed by atoms with Crippen LogP contribution in [0.1, 0.15) is 38.2 Å². The predicted molar refractivity (Wildman–Crippen MR) is 113 cm³/mol. The van der Waals surface area contributed by atoms with Crippen LogP contribution < -0.4 is 15.4 Å². The smallest absolute Gasteiger partial charge is 0.325 e. The van der Waals surface area contributed by atoms with Crippen LogP contribution in [0.2, 0.25) is 0 Å². The van der Waals surface area contributed by atoms with Crippen molar-refractivity contribution in [2.75, 3.05) is 13.7 Å². The largest absolute Gasteiger partial charge is 0.497 e. The fourth-order valence-corrected chi connectivity index (χ4v) is 4.55. The van der Waals surface area contributed by atoms with Crippen molar-refractivity contribution in [2.24, 2.45) is 5.92 Å². The summed E-state index contributed by atoms with van der Waals surface area (Å²) < 4.78 is 5.24. The second kappa shape index (κ2) is 7.97. The maximum atomic E-state index is 13.0. The Balaban J connectivity index is 1.38. The number of rotatable bonds is 5. The molecule has 0 aromatic heterocycles. The number of benzene rings is 2. The summed E-state index contributed by atoms with van der Waals surface area (Å²) in [6.07, 6.45) is 3.51. The molecule has 2 aliphatic rings. The molecule has 30 heavy (non-hydrogen) atoms. The summed E-state index contributed by atoms with van der Waals surface area (Å²) in [5.41, 5.74) is 0.102. The maximum absolute atomic E-state index is 13.0. The minimum absolute atomic E-state index is 0.0759. The van der Waals surface area contributed by atoms with Gasteiger partial charge in [-0.2, -0.15) is 0 Å². The van der Waals surface area contributed by atoms with Gasteiger partial charge in [-0.05, 0) is 53.3 Å². The molecule has 1 heterocycles. The Hall–Kier alpha value is -3.09. The Bertz CT molecular complexity index is 1010. The quantitative estimate of drug-likeness (QED) is 0.744. The molecule has 2 atom stereocenters. The minimum Gasteiger partial charge on any atom is -0.497 e. The van der Waals surface area contributed by atoms with Crippen molar-refractivity contribution in [3.05, 3.63) is 42.0 Å². The first-order valence-corrected chi connectivity index (χ1v) is 10.4. The zero-order valence-corrected chi connectivity index (χ0v) is 17.4. The van der Waals surface area contributed by atoms with Crippen molar-refractivity contribution < 1.29 is 19.1 Å². The van der Waals surface area contributed by atoms with Crippen LogP contribution in [0.5, 0.6) is 5.75 Å². The highest BCUT2D eigenvalue weighted by atomic mass is 16.5. The van der Waals surface area contributed by atoms with Gasteiger partial charge in [0, 0.05) is 6.54 Å². The summed E-state index contributed by atoms with van der Waals surface area (Å²) in [4.78, 5) is 38.9. The van der Waals surface area contributed by atoms with Crippen molar-refractivity contribution in [3.63, 3.8) is 0 Å². The number of imide groups is 1. The Labute approximate surface area is 175 Å². The number of nitrogens with zero attached hydrogens (tertiary/aromatic N) is 1. The van der Waals surface area contributed by atoms with Crippen LogP contribution in [0.3, 0.4) is 0 Å². The highest BCUT2D eigenvalue weighted by molar-refractivity contribution is 6.09. The van der Waals surface area contributed by atoms with E-state index in [1.54, 1.807) is 7.11 Å². The Morgan fingerprint density at radius 1 is 1.20 bits per heavy atom. The highest BCUT2D eigenvalue weighted by Gasteiger charge is 2.55. The average molecular weight is 409 g/mol. The predicted octanol–water partition coefficient (Wildman–Crippen LogP) is 2.97. The lowest BCUT2D eigenvalue weighted by atomic mass is 9.73. The number of methoxy groups -OCH3 is 1. The van der Waals surface area contributed by atoms with Crippen molar-refractivity contribution >= 4 is 28.6 Å². The van der Waals surface area contributed by atoms with Crippen LogP contribution >= 0.6 is 0 Å². The Morgan fingerprint density at radius 2 is 1.97 bits per heavy atom. The lowest BCUT2D eigenvalue weighted by molar-refractivity contribution is -0.137. The molecule has 1 saturated carbocycles. The second-order valence-electron chi connectivity index (χ2n) is 8.26. The van der Waals surface area contributed by atoms with Crippen LogP contribution in [0.15, 0.2) is 36.4 Å². The first-order valence-electron chi connectivity index (χ1n) is 10.4. The van der Waals surface area contributed by atoms with Crippen LogP contribution in [-0.4, -0.2) is 41.9 Å². The molecular formula is C23H27N3O4. The lowest BCUT2D eigenvalue weighted by Crippen LogP contribution is -2.54. The summed E-state index contributed by atoms with van der Waals surface area (Å²) in [5.74, 6) is 0.248. The molecule has 158 valence electrons. The number of urea groups is 1. The van der Waals surface area contributed by atoms with Crippen LogP contribution in [0.4, 0.5) is 4.79 Å². The van der Waals surface area contributed by atoms with Crippen LogP contribution in [-0.2, 0) is 16.1 Å². The van der Waals surface area contributed by atoms with Gasteiger partial charge in [-0.3, -0.25) is 14.5 Å². The Kier molecular flexibility index (Phi) is 5.37. The van der Waals surface area contributed by atoms with Crippen LogP contribution in [0.25, 0.3) is 10.8 Å². The fourth-order valence-electron chi connectivity index (χ4n) is 4.55. The molecule has 7 heteroatoms. The molecule has 7 nitrogen and oxygen atoms in total. The van der Waals surface area contributed by atoms with Crippen molar-refractivity contribution in [1.82, 2.24) is 15.5 Å². The van der Waals surface area contributed by atoms with Gasteiger partial charge in [0.05, 0.1) is 7.11 Å². The molecule has 4 amide bonds. The number of fused-ring (bicyclic) bond motifs is 1. The summed E-state index contributed by atoms with van der Waals surface area (Å²) in [6.45, 7) is 2.06. The third-order valence-corrected chi connectivity index (χ3v) is 6.40. The maximum Gasteiger partial charge on any atom is 0.325 e. The van der Waals surface area contributed by atoms with Gasteiger partial charge in [0.2, 0.25) is 5.91 Å². The molecule has 2 fully saturated rings. The van der Waals surface area contributed by atoms with E-state index in [1.165, 1.54) is 0 Å². The van der Waals surface area contributed by atoms with E-state index >= 15 is 0 Å². The van der Waals surface area contributed by atoms with Gasteiger partial charge in [-0.15, -0.1) is 0 Å². The van der Waals surface area contributed by atoms with E-state index in [1.807, 2.05) is 43.3 Å². The number of ether oxygens (including phenoxy) is 1. The van der Waals surface area contributed by atoms with E-state index in [2.05, 4.69) is 10.6 Å². The van der Waals surface area contributed by atoms with Crippen molar-refractivity contribution in [3.8, 4) is 5.75 Å². The van der Waals surface area contributed by atoms with Gasteiger partial charge in [0.25, 0.3) is 5.91 Å². The van der Waals surface area contributed by atoms with E-state index in [-0.39, 0.29) is 24.3 Å². The summed E-state index contributed by atoms with van der Waals surface area (Å²) >= 11 is 0. The first-order chi connectivity index (χ1) is 14.4. The normalized spacial score (nSPS) is 23.7. The number of carbonyl (C=O) groups excluding carboxylic acids is 3. The van der Waals surface area contributed by atoms with E-state index in [0.717, 1.165) is 46.2 Å². The minimum atomic E-state index is -0.838. The molecule has 1 spiro atoms. The van der Waals surface area contributed by atoms with E-state index in [9.17, 15) is 14.4 Å². The number of hydrogen-bond donors (Lipinski definition) is 2. The third-order valence-electron chi connectivity index (χ3n) is 6.40. The first kappa shape index (κ1) is 20.2. The van der Waals surface area contributed by atoms with Gasteiger partial charge >= 0.3 is 6.03 Å². The van der Waals surface area contributed by atoms with Gasteiger partial charge in [-0.25, -0.2) is 4.79 Å². The van der Waals surface area contributed by atoms with E-state index < -0.39 is 11.6 Å². The topological polar surface area (TPSA) is 87.7 Å². The molecular weight excluding hydrogens is 382 g/mol. The zero-order chi connectivity index (χ0) is 21.3.